The first kappa shape index (κ1) is 13.1. The summed E-state index contributed by atoms with van der Waals surface area (Å²) in [6, 6.07) is 7.19. The molecule has 0 aliphatic rings. The van der Waals surface area contributed by atoms with Gasteiger partial charge in [0.1, 0.15) is 0 Å². The second-order valence-corrected chi connectivity index (χ2v) is 3.96. The molecular formula is C12H15N3O2. The molecule has 1 N–H and O–H groups in total. The van der Waals surface area contributed by atoms with Crippen LogP contribution in [0.3, 0.4) is 0 Å². The first-order valence-corrected chi connectivity index (χ1v) is 5.39. The van der Waals surface area contributed by atoms with E-state index in [1.165, 1.54) is 6.07 Å². The van der Waals surface area contributed by atoms with E-state index in [4.69, 9.17) is 5.26 Å². The normalized spacial score (nSPS) is 11.8. The van der Waals surface area contributed by atoms with Gasteiger partial charge in [0.25, 0.3) is 5.69 Å². The van der Waals surface area contributed by atoms with Crippen LogP contribution in [0.25, 0.3) is 0 Å². The van der Waals surface area contributed by atoms with E-state index in [1.54, 1.807) is 13.0 Å². The van der Waals surface area contributed by atoms with E-state index < -0.39 is 0 Å². The second kappa shape index (κ2) is 5.97. The van der Waals surface area contributed by atoms with E-state index in [0.29, 0.717) is 18.5 Å². The molecule has 1 unspecified atom stereocenters. The Morgan fingerprint density at radius 2 is 2.29 bits per heavy atom. The van der Waals surface area contributed by atoms with E-state index in [1.807, 2.05) is 13.0 Å². The molecule has 0 aromatic heterocycles. The zero-order valence-electron chi connectivity index (χ0n) is 9.93. The maximum Gasteiger partial charge on any atom is 0.272 e. The Labute approximate surface area is 100 Å². The summed E-state index contributed by atoms with van der Waals surface area (Å²) in [4.78, 5) is 10.4. The maximum atomic E-state index is 10.8. The number of nitro benzene ring substituents is 1. The standard InChI is InChI=1S/C12H15N3O2/c1-9(6-7-13)14-8-11-4-3-5-12(10(11)2)15(16)17/h3-5,9,14H,6,8H2,1-2H3. The third-order valence-electron chi connectivity index (χ3n) is 2.65. The van der Waals surface area contributed by atoms with E-state index >= 15 is 0 Å². The lowest BCUT2D eigenvalue weighted by Gasteiger charge is -2.11. The van der Waals surface area contributed by atoms with Crippen LogP contribution in [-0.4, -0.2) is 11.0 Å². The fourth-order valence-electron chi connectivity index (χ4n) is 1.55. The Bertz CT molecular complexity index is 452. The lowest BCUT2D eigenvalue weighted by molar-refractivity contribution is -0.385. The van der Waals surface area contributed by atoms with E-state index in [9.17, 15) is 10.1 Å². The zero-order valence-corrected chi connectivity index (χ0v) is 9.93. The lowest BCUT2D eigenvalue weighted by Crippen LogP contribution is -2.25. The van der Waals surface area contributed by atoms with Crippen LogP contribution in [0.4, 0.5) is 5.69 Å². The molecule has 1 rings (SSSR count). The van der Waals surface area contributed by atoms with Crippen molar-refractivity contribution in [2.75, 3.05) is 0 Å². The highest BCUT2D eigenvalue weighted by molar-refractivity contribution is 5.44. The Morgan fingerprint density at radius 1 is 1.59 bits per heavy atom. The topological polar surface area (TPSA) is 79.0 Å². The van der Waals surface area contributed by atoms with Gasteiger partial charge in [-0.2, -0.15) is 5.26 Å². The number of nitrogens with zero attached hydrogens (tertiary/aromatic N) is 2. The summed E-state index contributed by atoms with van der Waals surface area (Å²) in [5.74, 6) is 0. The van der Waals surface area contributed by atoms with Crippen molar-refractivity contribution in [1.29, 1.82) is 5.26 Å². The van der Waals surface area contributed by atoms with Gasteiger partial charge in [-0.3, -0.25) is 10.1 Å². The van der Waals surface area contributed by atoms with Crippen molar-refractivity contribution >= 4 is 5.69 Å². The Morgan fingerprint density at radius 3 is 2.88 bits per heavy atom. The fourth-order valence-corrected chi connectivity index (χ4v) is 1.55. The van der Waals surface area contributed by atoms with Crippen LogP contribution in [0.1, 0.15) is 24.5 Å². The highest BCUT2D eigenvalue weighted by atomic mass is 16.6. The molecule has 0 spiro atoms. The van der Waals surface area contributed by atoms with Gasteiger partial charge in [0.05, 0.1) is 17.4 Å². The fraction of sp³-hybridized carbons (Fsp3) is 0.417. The van der Waals surface area contributed by atoms with Crippen molar-refractivity contribution in [3.63, 3.8) is 0 Å². The van der Waals surface area contributed by atoms with Crippen LogP contribution >= 0.6 is 0 Å². The molecule has 5 nitrogen and oxygen atoms in total. The lowest BCUT2D eigenvalue weighted by atomic mass is 10.1. The Hall–Kier alpha value is -1.93. The van der Waals surface area contributed by atoms with Crippen molar-refractivity contribution < 1.29 is 4.92 Å². The Kier molecular flexibility index (Phi) is 4.61. The highest BCUT2D eigenvalue weighted by Gasteiger charge is 2.13. The third-order valence-corrected chi connectivity index (χ3v) is 2.65. The highest BCUT2D eigenvalue weighted by Crippen LogP contribution is 2.20. The third kappa shape index (κ3) is 3.54. The van der Waals surface area contributed by atoms with Crippen molar-refractivity contribution in [1.82, 2.24) is 5.32 Å². The average Bonchev–Trinajstić information content (AvgIpc) is 2.27. The number of nitrogens with one attached hydrogen (secondary N) is 1. The predicted molar refractivity (Wildman–Crippen MR) is 64.4 cm³/mol. The monoisotopic (exact) mass is 233 g/mol. The van der Waals surface area contributed by atoms with E-state index in [2.05, 4.69) is 11.4 Å². The summed E-state index contributed by atoms with van der Waals surface area (Å²) in [5, 5.41) is 22.4. The van der Waals surface area contributed by atoms with Gasteiger partial charge in [0, 0.05) is 24.2 Å². The summed E-state index contributed by atoms with van der Waals surface area (Å²) in [7, 11) is 0. The van der Waals surface area contributed by atoms with Gasteiger partial charge < -0.3 is 5.32 Å². The molecule has 17 heavy (non-hydrogen) atoms. The first-order valence-electron chi connectivity index (χ1n) is 5.39. The summed E-state index contributed by atoms with van der Waals surface area (Å²) in [6.45, 7) is 4.19. The summed E-state index contributed by atoms with van der Waals surface area (Å²) in [6.07, 6.45) is 0.425. The van der Waals surface area contributed by atoms with Gasteiger partial charge in [-0.25, -0.2) is 0 Å². The molecule has 0 fully saturated rings. The van der Waals surface area contributed by atoms with Gasteiger partial charge >= 0.3 is 0 Å². The average molecular weight is 233 g/mol. The van der Waals surface area contributed by atoms with Crippen LogP contribution in [0.5, 0.6) is 0 Å². The van der Waals surface area contributed by atoms with Crippen LogP contribution in [-0.2, 0) is 6.54 Å². The number of hydrogen-bond acceptors (Lipinski definition) is 4. The smallest absolute Gasteiger partial charge is 0.272 e. The molecule has 0 amide bonds. The molecule has 90 valence electrons. The second-order valence-electron chi connectivity index (χ2n) is 3.96. The molecule has 1 atom stereocenters. The number of nitriles is 1. The molecule has 0 saturated carbocycles. The number of benzene rings is 1. The molecule has 0 heterocycles. The first-order chi connectivity index (χ1) is 8.06. The molecule has 1 aromatic rings. The molecule has 0 aliphatic heterocycles. The van der Waals surface area contributed by atoms with Crippen molar-refractivity contribution in [3.05, 3.63) is 39.4 Å². The van der Waals surface area contributed by atoms with Crippen molar-refractivity contribution in [2.45, 2.75) is 32.9 Å². The largest absolute Gasteiger partial charge is 0.309 e. The van der Waals surface area contributed by atoms with E-state index in [0.717, 1.165) is 5.56 Å². The van der Waals surface area contributed by atoms with Crippen LogP contribution in [0.2, 0.25) is 0 Å². The van der Waals surface area contributed by atoms with Crippen LogP contribution in [0.15, 0.2) is 18.2 Å². The molecule has 0 saturated heterocycles. The molecule has 1 aromatic carbocycles. The minimum atomic E-state index is -0.377. The Balaban J connectivity index is 2.76. The molecule has 0 aliphatic carbocycles. The summed E-state index contributed by atoms with van der Waals surface area (Å²) < 4.78 is 0. The minimum Gasteiger partial charge on any atom is -0.309 e. The summed E-state index contributed by atoms with van der Waals surface area (Å²) in [5.41, 5.74) is 1.70. The van der Waals surface area contributed by atoms with Gasteiger partial charge in [-0.05, 0) is 19.4 Å². The van der Waals surface area contributed by atoms with Gasteiger partial charge in [-0.1, -0.05) is 12.1 Å². The number of nitro groups is 1. The van der Waals surface area contributed by atoms with Crippen LogP contribution < -0.4 is 5.32 Å². The minimum absolute atomic E-state index is 0.0821. The molecule has 0 radical (unpaired) electrons. The van der Waals surface area contributed by atoms with Crippen molar-refractivity contribution in [2.24, 2.45) is 0 Å². The molecular weight excluding hydrogens is 218 g/mol. The van der Waals surface area contributed by atoms with Crippen molar-refractivity contribution in [3.8, 4) is 6.07 Å². The predicted octanol–water partition coefficient (Wildman–Crippen LogP) is 2.29. The number of hydrogen-bond donors (Lipinski definition) is 1. The quantitative estimate of drug-likeness (QED) is 0.625. The van der Waals surface area contributed by atoms with Gasteiger partial charge in [0.15, 0.2) is 0 Å². The zero-order chi connectivity index (χ0) is 12.8. The molecule has 5 heteroatoms. The maximum absolute atomic E-state index is 10.8. The summed E-state index contributed by atoms with van der Waals surface area (Å²) >= 11 is 0. The van der Waals surface area contributed by atoms with Gasteiger partial charge in [0.2, 0.25) is 0 Å². The SMILES string of the molecule is Cc1c(CNC(C)CC#N)cccc1[N+](=O)[O-]. The van der Waals surface area contributed by atoms with Gasteiger partial charge in [-0.15, -0.1) is 0 Å². The number of rotatable bonds is 5. The van der Waals surface area contributed by atoms with Crippen LogP contribution in [0, 0.1) is 28.4 Å². The molecule has 0 bridgehead atoms. The van der Waals surface area contributed by atoms with E-state index in [-0.39, 0.29) is 16.7 Å².